The lowest BCUT2D eigenvalue weighted by atomic mass is 9.93. The van der Waals surface area contributed by atoms with Crippen LogP contribution in [0.4, 0.5) is 0 Å². The summed E-state index contributed by atoms with van der Waals surface area (Å²) in [7, 11) is 0. The van der Waals surface area contributed by atoms with Gasteiger partial charge < -0.3 is 5.11 Å². The Labute approximate surface area is 93.1 Å². The smallest absolute Gasteiger partial charge is 0.314 e. The van der Waals surface area contributed by atoms with Crippen molar-refractivity contribution < 1.29 is 14.7 Å². The molecule has 3 heteroatoms. The summed E-state index contributed by atoms with van der Waals surface area (Å²) in [6.07, 6.45) is 2.76. The number of carboxylic acids is 1. The predicted molar refractivity (Wildman–Crippen MR) is 57.6 cm³/mol. The highest BCUT2D eigenvalue weighted by Gasteiger charge is 2.51. The number of carbonyl (C=O) groups excluding carboxylic acids is 1. The minimum absolute atomic E-state index is 0.182. The molecule has 0 aromatic heterocycles. The van der Waals surface area contributed by atoms with Crippen LogP contribution in [0.1, 0.15) is 40.7 Å². The number of aliphatic carboxylic acids is 1. The van der Waals surface area contributed by atoms with Crippen LogP contribution in [-0.4, -0.2) is 16.9 Å². The lowest BCUT2D eigenvalue weighted by molar-refractivity contribution is -0.140. The maximum Gasteiger partial charge on any atom is 0.314 e. The number of fused-ring (bicyclic) bond motifs is 1. The third kappa shape index (κ3) is 1.14. The van der Waals surface area contributed by atoms with Gasteiger partial charge in [-0.15, -0.1) is 0 Å². The highest BCUT2D eigenvalue weighted by molar-refractivity contribution is 6.00. The summed E-state index contributed by atoms with van der Waals surface area (Å²) in [5.74, 6) is -0.557. The monoisotopic (exact) mass is 216 g/mol. The largest absolute Gasteiger partial charge is 0.481 e. The molecule has 82 valence electrons. The molecule has 3 rings (SSSR count). The summed E-state index contributed by atoms with van der Waals surface area (Å²) in [6, 6.07) is 5.52. The van der Waals surface area contributed by atoms with Crippen molar-refractivity contribution in [1.82, 2.24) is 0 Å². The van der Waals surface area contributed by atoms with Crippen molar-refractivity contribution in [3.63, 3.8) is 0 Å². The number of carbonyl (C=O) groups is 2. The Kier molecular flexibility index (Phi) is 1.76. The van der Waals surface area contributed by atoms with Gasteiger partial charge in [0, 0.05) is 12.0 Å². The molecule has 0 bridgehead atoms. The third-order valence-corrected chi connectivity index (χ3v) is 3.74. The summed E-state index contributed by atoms with van der Waals surface area (Å²) in [6.45, 7) is 0. The summed E-state index contributed by atoms with van der Waals surface area (Å²) < 4.78 is 0. The zero-order valence-electron chi connectivity index (χ0n) is 8.82. The minimum Gasteiger partial charge on any atom is -0.481 e. The summed E-state index contributed by atoms with van der Waals surface area (Å²) in [5, 5.41) is 9.19. The molecule has 0 spiro atoms. The van der Waals surface area contributed by atoms with Crippen molar-refractivity contribution in [2.24, 2.45) is 0 Å². The molecular weight excluding hydrogens is 204 g/mol. The molecule has 2 aliphatic carbocycles. The van der Waals surface area contributed by atoms with E-state index in [2.05, 4.69) is 0 Å². The number of hydrogen-bond acceptors (Lipinski definition) is 2. The van der Waals surface area contributed by atoms with E-state index in [0.717, 1.165) is 36.0 Å². The van der Waals surface area contributed by atoms with Crippen molar-refractivity contribution in [1.29, 1.82) is 0 Å². The highest BCUT2D eigenvalue weighted by Crippen LogP contribution is 2.49. The van der Waals surface area contributed by atoms with Gasteiger partial charge in [-0.25, -0.2) is 0 Å². The number of benzene rings is 1. The van der Waals surface area contributed by atoms with Gasteiger partial charge in [0.25, 0.3) is 0 Å². The SMILES string of the molecule is O=C1CCc2cc(C3(C(=O)O)CC3)ccc21. The molecule has 0 heterocycles. The van der Waals surface area contributed by atoms with Crippen LogP contribution in [-0.2, 0) is 16.6 Å². The lowest BCUT2D eigenvalue weighted by Gasteiger charge is -2.11. The van der Waals surface area contributed by atoms with E-state index in [9.17, 15) is 14.7 Å². The van der Waals surface area contributed by atoms with Gasteiger partial charge in [-0.2, -0.15) is 0 Å². The Morgan fingerprint density at radius 3 is 2.62 bits per heavy atom. The normalized spacial score (nSPS) is 20.6. The van der Waals surface area contributed by atoms with Gasteiger partial charge in [-0.3, -0.25) is 9.59 Å². The molecule has 1 N–H and O–H groups in total. The second-order valence-corrected chi connectivity index (χ2v) is 4.68. The minimum atomic E-state index is -0.739. The molecule has 1 saturated carbocycles. The lowest BCUT2D eigenvalue weighted by Crippen LogP contribution is -2.19. The summed E-state index contributed by atoms with van der Waals surface area (Å²) in [4.78, 5) is 22.6. The number of carboxylic acid groups (broad SMARTS) is 1. The first-order valence-corrected chi connectivity index (χ1v) is 5.53. The van der Waals surface area contributed by atoms with Crippen molar-refractivity contribution in [3.05, 3.63) is 34.9 Å². The predicted octanol–water partition coefficient (Wildman–Crippen LogP) is 1.93. The van der Waals surface area contributed by atoms with E-state index in [-0.39, 0.29) is 5.78 Å². The number of aryl methyl sites for hydroxylation is 1. The Bertz CT molecular complexity index is 498. The van der Waals surface area contributed by atoms with E-state index in [1.54, 1.807) is 6.07 Å². The van der Waals surface area contributed by atoms with Crippen molar-refractivity contribution >= 4 is 11.8 Å². The maximum atomic E-state index is 11.5. The second kappa shape index (κ2) is 2.94. The fourth-order valence-corrected chi connectivity index (χ4v) is 2.50. The third-order valence-electron chi connectivity index (χ3n) is 3.74. The molecule has 2 aliphatic rings. The van der Waals surface area contributed by atoms with Gasteiger partial charge in [-0.1, -0.05) is 18.2 Å². The van der Waals surface area contributed by atoms with Crippen molar-refractivity contribution in [2.45, 2.75) is 31.1 Å². The van der Waals surface area contributed by atoms with Crippen LogP contribution in [0.5, 0.6) is 0 Å². The van der Waals surface area contributed by atoms with E-state index in [4.69, 9.17) is 0 Å². The molecule has 0 aliphatic heterocycles. The molecule has 0 radical (unpaired) electrons. The van der Waals surface area contributed by atoms with E-state index < -0.39 is 11.4 Å². The van der Waals surface area contributed by atoms with Gasteiger partial charge >= 0.3 is 5.97 Å². The zero-order valence-corrected chi connectivity index (χ0v) is 8.82. The van der Waals surface area contributed by atoms with Crippen LogP contribution in [0, 0.1) is 0 Å². The standard InChI is InChI=1S/C13H12O3/c14-11-4-1-8-7-9(2-3-10(8)11)13(5-6-13)12(15)16/h2-3,7H,1,4-6H2,(H,15,16). The van der Waals surface area contributed by atoms with Gasteiger partial charge in [0.2, 0.25) is 0 Å². The van der Waals surface area contributed by atoms with E-state index >= 15 is 0 Å². The van der Waals surface area contributed by atoms with Crippen LogP contribution < -0.4 is 0 Å². The summed E-state index contributed by atoms with van der Waals surface area (Å²) >= 11 is 0. The molecule has 0 amide bonds. The summed E-state index contributed by atoms with van der Waals surface area (Å²) in [5.41, 5.74) is 2.02. The first-order valence-electron chi connectivity index (χ1n) is 5.53. The van der Waals surface area contributed by atoms with Gasteiger partial charge in [0.05, 0.1) is 5.41 Å². The second-order valence-electron chi connectivity index (χ2n) is 4.68. The van der Waals surface area contributed by atoms with E-state index in [1.165, 1.54) is 0 Å². The number of ketones is 1. The van der Waals surface area contributed by atoms with Crippen LogP contribution in [0.2, 0.25) is 0 Å². The fourth-order valence-electron chi connectivity index (χ4n) is 2.50. The number of Topliss-reactive ketones (excluding diaryl/α,β-unsaturated/α-hetero) is 1. The first kappa shape index (κ1) is 9.58. The molecule has 1 fully saturated rings. The van der Waals surface area contributed by atoms with E-state index in [0.29, 0.717) is 6.42 Å². The van der Waals surface area contributed by atoms with Crippen LogP contribution in [0.15, 0.2) is 18.2 Å². The van der Waals surface area contributed by atoms with Crippen LogP contribution >= 0.6 is 0 Å². The molecule has 0 saturated heterocycles. The molecule has 0 unspecified atom stereocenters. The number of hydrogen-bond donors (Lipinski definition) is 1. The molecule has 16 heavy (non-hydrogen) atoms. The average Bonchev–Trinajstić information content (AvgIpc) is 3.00. The first-order chi connectivity index (χ1) is 7.63. The molecule has 3 nitrogen and oxygen atoms in total. The Balaban J connectivity index is 2.06. The Morgan fingerprint density at radius 2 is 2.00 bits per heavy atom. The average molecular weight is 216 g/mol. The molecule has 1 aromatic rings. The van der Waals surface area contributed by atoms with E-state index in [1.807, 2.05) is 12.1 Å². The molecule has 1 aromatic carbocycles. The Hall–Kier alpha value is -1.64. The molecule has 0 atom stereocenters. The number of rotatable bonds is 2. The molecular formula is C13H12O3. The highest BCUT2D eigenvalue weighted by atomic mass is 16.4. The van der Waals surface area contributed by atoms with Gasteiger partial charge in [0.1, 0.15) is 0 Å². The quantitative estimate of drug-likeness (QED) is 0.821. The fraction of sp³-hybridized carbons (Fsp3) is 0.385. The Morgan fingerprint density at radius 1 is 1.25 bits per heavy atom. The van der Waals surface area contributed by atoms with Crippen molar-refractivity contribution in [2.75, 3.05) is 0 Å². The van der Waals surface area contributed by atoms with Crippen LogP contribution in [0.3, 0.4) is 0 Å². The van der Waals surface area contributed by atoms with Gasteiger partial charge in [-0.05, 0) is 30.4 Å². The van der Waals surface area contributed by atoms with Gasteiger partial charge in [0.15, 0.2) is 5.78 Å². The van der Waals surface area contributed by atoms with Crippen LogP contribution in [0.25, 0.3) is 0 Å². The topological polar surface area (TPSA) is 54.4 Å². The van der Waals surface area contributed by atoms with Crippen molar-refractivity contribution in [3.8, 4) is 0 Å². The zero-order chi connectivity index (χ0) is 11.3. The maximum absolute atomic E-state index is 11.5.